The molecule has 0 amide bonds. The van der Waals surface area contributed by atoms with Crippen LogP contribution in [0.15, 0.2) is 17.1 Å². The van der Waals surface area contributed by atoms with Crippen LogP contribution in [-0.2, 0) is 14.3 Å². The molecule has 1 fully saturated rings. The molecule has 0 aliphatic carbocycles. The number of aliphatic hydroxyl groups excluding tert-OH is 2. The summed E-state index contributed by atoms with van der Waals surface area (Å²) < 4.78 is 19.0. The summed E-state index contributed by atoms with van der Waals surface area (Å²) in [6.45, 7) is -0.468. The number of esters is 1. The molecular formula is C12H17N4O7Se. The van der Waals surface area contributed by atoms with Gasteiger partial charge in [-0.1, -0.05) is 0 Å². The molecule has 2 heterocycles. The van der Waals surface area contributed by atoms with Crippen molar-refractivity contribution in [2.24, 2.45) is 5.73 Å². The van der Waals surface area contributed by atoms with Crippen LogP contribution < -0.4 is 16.9 Å². The first-order chi connectivity index (χ1) is 11.7. The average Bonchev–Trinajstić information content (AvgIpc) is 2.83. The molecule has 6 N–H and O–H groups in total. The Morgan fingerprint density at radius 3 is 2.92 bits per heavy atom. The SMILES string of the molecule is [2H][C@@]1(n2ccc(NO)nc2=O)O[C@H](COC(=O)[C@@H](N)C[Se])[C@@H](O)[C@H]1O. The average molecular weight is 409 g/mol. The predicted octanol–water partition coefficient (Wildman–Crippen LogP) is -2.88. The number of nitrogens with two attached hydrogens (primary N) is 1. The number of hydrogen-bond acceptors (Lipinski definition) is 10. The number of carbonyl (C=O) groups is 1. The minimum atomic E-state index is -2.39. The molecule has 5 atom stereocenters. The van der Waals surface area contributed by atoms with E-state index in [1.165, 1.54) is 0 Å². The Labute approximate surface area is 145 Å². The maximum atomic E-state index is 11.9. The van der Waals surface area contributed by atoms with Crippen LogP contribution in [0.2, 0.25) is 5.32 Å². The number of aliphatic hydroxyl groups is 2. The van der Waals surface area contributed by atoms with Gasteiger partial charge in [0.05, 0.1) is 0 Å². The fourth-order valence-corrected chi connectivity index (χ4v) is 2.23. The van der Waals surface area contributed by atoms with E-state index < -0.39 is 48.8 Å². The van der Waals surface area contributed by atoms with Gasteiger partial charge < -0.3 is 0 Å². The zero-order valence-electron chi connectivity index (χ0n) is 13.2. The Morgan fingerprint density at radius 1 is 1.62 bits per heavy atom. The summed E-state index contributed by atoms with van der Waals surface area (Å²) >= 11 is 2.57. The van der Waals surface area contributed by atoms with Crippen molar-refractivity contribution < 1.29 is 31.1 Å². The van der Waals surface area contributed by atoms with E-state index in [1.54, 1.807) is 5.48 Å². The molecule has 1 aliphatic rings. The summed E-state index contributed by atoms with van der Waals surface area (Å²) in [6, 6.07) is 0.263. The van der Waals surface area contributed by atoms with E-state index in [9.17, 15) is 19.8 Å². The molecule has 0 aromatic carbocycles. The maximum absolute atomic E-state index is 11.9. The van der Waals surface area contributed by atoms with Gasteiger partial charge in [-0.15, -0.1) is 0 Å². The summed E-state index contributed by atoms with van der Waals surface area (Å²) in [6.07, 6.45) is -6.02. The van der Waals surface area contributed by atoms with Crippen molar-refractivity contribution in [3.05, 3.63) is 22.7 Å². The van der Waals surface area contributed by atoms with Gasteiger partial charge in [-0.25, -0.2) is 0 Å². The van der Waals surface area contributed by atoms with Crippen molar-refractivity contribution in [3.8, 4) is 0 Å². The third-order valence-electron chi connectivity index (χ3n) is 3.26. The number of nitrogens with zero attached hydrogens (tertiary/aromatic N) is 2. The van der Waals surface area contributed by atoms with Gasteiger partial charge in [0, 0.05) is 0 Å². The Morgan fingerprint density at radius 2 is 2.33 bits per heavy atom. The Kier molecular flexibility index (Phi) is 5.79. The molecule has 1 aromatic rings. The first-order valence-electron chi connectivity index (χ1n) is 7.29. The molecule has 12 heteroatoms. The van der Waals surface area contributed by atoms with Crippen molar-refractivity contribution in [2.45, 2.75) is 35.9 Å². The van der Waals surface area contributed by atoms with Gasteiger partial charge in [0.15, 0.2) is 0 Å². The Hall–Kier alpha value is -1.53. The van der Waals surface area contributed by atoms with Crippen molar-refractivity contribution in [3.63, 3.8) is 0 Å². The Bertz CT molecular complexity index is 692. The van der Waals surface area contributed by atoms with E-state index in [0.717, 1.165) is 12.3 Å². The Balaban J connectivity index is 2.18. The molecule has 0 saturated carbocycles. The standard InChI is InChI=1S/C12H17N4O7Se/c13-5(4-24)11(19)22-3-6-8(17)9(18)10(23-6)16-2-1-7(15-21)14-12(16)20/h1-2,5-6,8-10,17-18,21H,3-4,13H2,(H,14,15,20)/t5-,6+,8+,9+,10+/m0/s1/i10D. The molecule has 2 rings (SSSR count). The predicted molar refractivity (Wildman–Crippen MR) is 79.3 cm³/mol. The zero-order chi connectivity index (χ0) is 18.8. The van der Waals surface area contributed by atoms with Crippen LogP contribution >= 0.6 is 0 Å². The topological polar surface area (TPSA) is 169 Å². The van der Waals surface area contributed by atoms with E-state index in [-0.39, 0.29) is 11.1 Å². The summed E-state index contributed by atoms with van der Waals surface area (Å²) in [5, 5.41) is 29.1. The molecule has 0 bridgehead atoms. The van der Waals surface area contributed by atoms with Crippen molar-refractivity contribution in [1.29, 1.82) is 0 Å². The third kappa shape index (κ3) is 3.92. The fourth-order valence-electron chi connectivity index (χ4n) is 1.95. The van der Waals surface area contributed by atoms with Gasteiger partial charge in [0.2, 0.25) is 0 Å². The van der Waals surface area contributed by atoms with Crippen LogP contribution in [-0.4, -0.2) is 77.9 Å². The number of nitrogens with one attached hydrogen (secondary N) is 1. The molecule has 1 aliphatic heterocycles. The van der Waals surface area contributed by atoms with E-state index in [0.29, 0.717) is 4.57 Å². The van der Waals surface area contributed by atoms with Crippen molar-refractivity contribution in [2.75, 3.05) is 12.1 Å². The normalized spacial score (nSPS) is 31.4. The number of carbonyl (C=O) groups excluding carboxylic acids is 1. The summed E-state index contributed by atoms with van der Waals surface area (Å²) in [5.41, 5.74) is 6.13. The van der Waals surface area contributed by atoms with E-state index in [4.69, 9.17) is 21.8 Å². The number of hydrogen-bond donors (Lipinski definition) is 5. The summed E-state index contributed by atoms with van der Waals surface area (Å²) in [7, 11) is 0. The molecular weight excluding hydrogens is 391 g/mol. The van der Waals surface area contributed by atoms with Gasteiger partial charge in [-0.3, -0.25) is 10.7 Å². The number of aromatic nitrogens is 2. The van der Waals surface area contributed by atoms with Crippen LogP contribution in [0.4, 0.5) is 5.82 Å². The summed E-state index contributed by atoms with van der Waals surface area (Å²) in [4.78, 5) is 26.9. The zero-order valence-corrected chi connectivity index (χ0v) is 13.9. The molecule has 1 saturated heterocycles. The van der Waals surface area contributed by atoms with Gasteiger partial charge in [-0.05, 0) is 0 Å². The first-order valence-corrected chi connectivity index (χ1v) is 8.00. The van der Waals surface area contributed by atoms with E-state index in [2.05, 4.69) is 21.0 Å². The molecule has 0 unspecified atom stereocenters. The van der Waals surface area contributed by atoms with Crippen molar-refractivity contribution >= 4 is 27.8 Å². The van der Waals surface area contributed by atoms with Gasteiger partial charge >= 0.3 is 134 Å². The number of ether oxygens (including phenoxy) is 2. The minimum absolute atomic E-state index is 0.172. The second kappa shape index (κ2) is 8.03. The molecule has 1 radical (unpaired) electrons. The molecule has 1 aromatic heterocycles. The molecule has 11 nitrogen and oxygen atoms in total. The molecule has 133 valence electrons. The second-order valence-electron chi connectivity index (χ2n) is 4.91. The van der Waals surface area contributed by atoms with Gasteiger partial charge in [0.1, 0.15) is 0 Å². The van der Waals surface area contributed by atoms with Crippen LogP contribution in [0.25, 0.3) is 0 Å². The molecule has 0 spiro atoms. The first kappa shape index (κ1) is 17.3. The fraction of sp³-hybridized carbons (Fsp3) is 0.583. The van der Waals surface area contributed by atoms with Gasteiger partial charge in [0.25, 0.3) is 0 Å². The van der Waals surface area contributed by atoms with Crippen LogP contribution in [0, 0.1) is 0 Å². The van der Waals surface area contributed by atoms with Crippen LogP contribution in [0.5, 0.6) is 0 Å². The second-order valence-corrected chi connectivity index (χ2v) is 5.61. The third-order valence-corrected chi connectivity index (χ3v) is 4.01. The number of rotatable bonds is 6. The monoisotopic (exact) mass is 410 g/mol. The molecule has 24 heavy (non-hydrogen) atoms. The number of anilines is 1. The van der Waals surface area contributed by atoms with Crippen molar-refractivity contribution in [1.82, 2.24) is 9.55 Å². The van der Waals surface area contributed by atoms with Gasteiger partial charge in [-0.2, -0.15) is 0 Å². The van der Waals surface area contributed by atoms with Crippen LogP contribution in [0.1, 0.15) is 7.57 Å². The van der Waals surface area contributed by atoms with E-state index in [1.807, 2.05) is 0 Å². The van der Waals surface area contributed by atoms with E-state index >= 15 is 0 Å². The quantitative estimate of drug-likeness (QED) is 0.187. The summed E-state index contributed by atoms with van der Waals surface area (Å²) in [5.74, 6) is -0.919. The van der Waals surface area contributed by atoms with Crippen LogP contribution in [0.3, 0.4) is 0 Å².